The molecule has 1 aliphatic heterocycles. The van der Waals surface area contributed by atoms with Gasteiger partial charge in [0.1, 0.15) is 17.2 Å². The lowest BCUT2D eigenvalue weighted by Gasteiger charge is -2.37. The first-order chi connectivity index (χ1) is 9.76. The van der Waals surface area contributed by atoms with E-state index >= 15 is 0 Å². The molecule has 1 N–H and O–H groups in total. The molecule has 21 heavy (non-hydrogen) atoms. The van der Waals surface area contributed by atoms with Crippen molar-refractivity contribution in [2.75, 3.05) is 13.1 Å². The SMILES string of the molecule is Cc1ccc(F)c(C(=O)N2CCCC(C)(C(=O)O)C2)c1F. The number of benzene rings is 1. The minimum Gasteiger partial charge on any atom is -0.481 e. The number of amides is 1. The summed E-state index contributed by atoms with van der Waals surface area (Å²) in [7, 11) is 0. The van der Waals surface area contributed by atoms with E-state index in [1.807, 2.05) is 0 Å². The normalized spacial score (nSPS) is 22.2. The molecule has 6 heteroatoms. The Morgan fingerprint density at radius 2 is 2.00 bits per heavy atom. The van der Waals surface area contributed by atoms with Gasteiger partial charge in [-0.15, -0.1) is 0 Å². The summed E-state index contributed by atoms with van der Waals surface area (Å²) >= 11 is 0. The lowest BCUT2D eigenvalue weighted by Crippen LogP contribution is -2.48. The molecule has 1 saturated heterocycles. The van der Waals surface area contributed by atoms with Gasteiger partial charge in [0, 0.05) is 13.1 Å². The van der Waals surface area contributed by atoms with Crippen LogP contribution in [0, 0.1) is 24.0 Å². The molecular formula is C15H17F2NO3. The Labute approximate surface area is 121 Å². The zero-order valence-corrected chi connectivity index (χ0v) is 11.9. The summed E-state index contributed by atoms with van der Waals surface area (Å²) < 4.78 is 27.8. The van der Waals surface area contributed by atoms with Gasteiger partial charge in [-0.05, 0) is 38.3 Å². The van der Waals surface area contributed by atoms with Crippen molar-refractivity contribution in [3.05, 3.63) is 34.9 Å². The molecule has 1 unspecified atom stereocenters. The second-order valence-corrected chi connectivity index (χ2v) is 5.75. The topological polar surface area (TPSA) is 57.6 Å². The first-order valence-electron chi connectivity index (χ1n) is 6.73. The number of aliphatic carboxylic acids is 1. The van der Waals surface area contributed by atoms with Crippen molar-refractivity contribution in [2.24, 2.45) is 5.41 Å². The van der Waals surface area contributed by atoms with Crippen LogP contribution in [0.3, 0.4) is 0 Å². The number of carbonyl (C=O) groups is 2. The zero-order chi connectivity index (χ0) is 15.8. The van der Waals surface area contributed by atoms with Crippen molar-refractivity contribution in [2.45, 2.75) is 26.7 Å². The van der Waals surface area contributed by atoms with Crippen LogP contribution in [0.4, 0.5) is 8.78 Å². The van der Waals surface area contributed by atoms with Gasteiger partial charge in [-0.25, -0.2) is 8.78 Å². The van der Waals surface area contributed by atoms with E-state index < -0.39 is 34.5 Å². The lowest BCUT2D eigenvalue weighted by atomic mass is 9.82. The fourth-order valence-corrected chi connectivity index (χ4v) is 2.60. The maximum Gasteiger partial charge on any atom is 0.311 e. The van der Waals surface area contributed by atoms with Crippen molar-refractivity contribution in [3.8, 4) is 0 Å². The first-order valence-corrected chi connectivity index (χ1v) is 6.73. The third-order valence-electron chi connectivity index (χ3n) is 4.00. The number of hydrogen-bond donors (Lipinski definition) is 1. The number of rotatable bonds is 2. The number of nitrogens with zero attached hydrogens (tertiary/aromatic N) is 1. The third kappa shape index (κ3) is 2.75. The molecule has 1 aromatic rings. The van der Waals surface area contributed by atoms with Gasteiger partial charge in [0.25, 0.3) is 5.91 Å². The van der Waals surface area contributed by atoms with E-state index in [9.17, 15) is 23.5 Å². The summed E-state index contributed by atoms with van der Waals surface area (Å²) in [6, 6.07) is 2.31. The van der Waals surface area contributed by atoms with Crippen LogP contribution in [0.15, 0.2) is 12.1 Å². The van der Waals surface area contributed by atoms with E-state index in [4.69, 9.17) is 0 Å². The van der Waals surface area contributed by atoms with Gasteiger partial charge in [0.2, 0.25) is 0 Å². The van der Waals surface area contributed by atoms with Gasteiger partial charge in [0.15, 0.2) is 0 Å². The Morgan fingerprint density at radius 3 is 2.62 bits per heavy atom. The summed E-state index contributed by atoms with van der Waals surface area (Å²) in [5, 5.41) is 9.23. The van der Waals surface area contributed by atoms with Crippen LogP contribution in [-0.2, 0) is 4.79 Å². The summed E-state index contributed by atoms with van der Waals surface area (Å²) in [6.45, 7) is 3.24. The van der Waals surface area contributed by atoms with Crippen molar-refractivity contribution >= 4 is 11.9 Å². The Hall–Kier alpha value is -1.98. The number of hydrogen-bond acceptors (Lipinski definition) is 2. The Bertz CT molecular complexity index is 603. The summed E-state index contributed by atoms with van der Waals surface area (Å²) in [6.07, 6.45) is 0.925. The predicted molar refractivity (Wildman–Crippen MR) is 72.0 cm³/mol. The zero-order valence-electron chi connectivity index (χ0n) is 11.9. The molecule has 0 spiro atoms. The highest BCUT2D eigenvalue weighted by molar-refractivity contribution is 5.95. The van der Waals surface area contributed by atoms with Crippen LogP contribution in [0.5, 0.6) is 0 Å². The number of carbonyl (C=O) groups excluding carboxylic acids is 1. The van der Waals surface area contributed by atoms with E-state index in [1.54, 1.807) is 0 Å². The smallest absolute Gasteiger partial charge is 0.311 e. The minimum absolute atomic E-state index is 0.0476. The molecule has 0 aromatic heterocycles. The van der Waals surface area contributed by atoms with Crippen LogP contribution in [-0.4, -0.2) is 35.0 Å². The van der Waals surface area contributed by atoms with Crippen LogP contribution in [0.1, 0.15) is 35.7 Å². The molecule has 1 heterocycles. The second-order valence-electron chi connectivity index (χ2n) is 5.75. The summed E-state index contributed by atoms with van der Waals surface area (Å²) in [4.78, 5) is 24.9. The van der Waals surface area contributed by atoms with Crippen molar-refractivity contribution in [1.82, 2.24) is 4.90 Å². The molecule has 1 fully saturated rings. The highest BCUT2D eigenvalue weighted by atomic mass is 19.1. The van der Waals surface area contributed by atoms with E-state index in [1.165, 1.54) is 24.8 Å². The van der Waals surface area contributed by atoms with Gasteiger partial charge in [-0.3, -0.25) is 9.59 Å². The molecule has 0 radical (unpaired) electrons. The first kappa shape index (κ1) is 15.4. The molecule has 2 rings (SSSR count). The van der Waals surface area contributed by atoms with Crippen molar-refractivity contribution in [1.29, 1.82) is 0 Å². The number of piperidine rings is 1. The fourth-order valence-electron chi connectivity index (χ4n) is 2.60. The average molecular weight is 297 g/mol. The maximum atomic E-state index is 14.0. The van der Waals surface area contributed by atoms with Crippen LogP contribution < -0.4 is 0 Å². The number of halogens is 2. The number of likely N-dealkylation sites (tertiary alicyclic amines) is 1. The maximum absolute atomic E-state index is 14.0. The van der Waals surface area contributed by atoms with Gasteiger partial charge < -0.3 is 10.0 Å². The highest BCUT2D eigenvalue weighted by Gasteiger charge is 2.40. The van der Waals surface area contributed by atoms with Crippen LogP contribution >= 0.6 is 0 Å². The molecule has 1 aliphatic rings. The standard InChI is InChI=1S/C15H17F2NO3/c1-9-4-5-10(16)11(12(9)17)13(19)18-7-3-6-15(2,8-18)14(20)21/h4-5H,3,6-8H2,1-2H3,(H,20,21). The Kier molecular flexibility index (Phi) is 3.98. The van der Waals surface area contributed by atoms with Crippen LogP contribution in [0.2, 0.25) is 0 Å². The molecule has 0 saturated carbocycles. The molecular weight excluding hydrogens is 280 g/mol. The Balaban J connectivity index is 2.33. The molecule has 0 aliphatic carbocycles. The average Bonchev–Trinajstić information content (AvgIpc) is 2.43. The van der Waals surface area contributed by atoms with Crippen molar-refractivity contribution in [3.63, 3.8) is 0 Å². The van der Waals surface area contributed by atoms with E-state index in [-0.39, 0.29) is 12.1 Å². The molecule has 1 amide bonds. The summed E-state index contributed by atoms with van der Waals surface area (Å²) in [5.74, 6) is -3.61. The third-order valence-corrected chi connectivity index (χ3v) is 4.00. The molecule has 4 nitrogen and oxygen atoms in total. The Morgan fingerprint density at radius 1 is 1.33 bits per heavy atom. The van der Waals surface area contributed by atoms with E-state index in [0.29, 0.717) is 19.4 Å². The monoisotopic (exact) mass is 297 g/mol. The van der Waals surface area contributed by atoms with E-state index in [2.05, 4.69) is 0 Å². The largest absolute Gasteiger partial charge is 0.481 e. The highest BCUT2D eigenvalue weighted by Crippen LogP contribution is 2.31. The number of aryl methyl sites for hydroxylation is 1. The molecule has 0 bridgehead atoms. The fraction of sp³-hybridized carbons (Fsp3) is 0.467. The van der Waals surface area contributed by atoms with Gasteiger partial charge >= 0.3 is 5.97 Å². The molecule has 1 aromatic carbocycles. The summed E-state index contributed by atoms with van der Waals surface area (Å²) in [5.41, 5.74) is -1.51. The van der Waals surface area contributed by atoms with Gasteiger partial charge in [0.05, 0.1) is 5.41 Å². The number of carboxylic acids is 1. The van der Waals surface area contributed by atoms with Crippen LogP contribution in [0.25, 0.3) is 0 Å². The second kappa shape index (κ2) is 5.42. The van der Waals surface area contributed by atoms with Gasteiger partial charge in [-0.2, -0.15) is 0 Å². The number of carboxylic acid groups (broad SMARTS) is 1. The van der Waals surface area contributed by atoms with Crippen molar-refractivity contribution < 1.29 is 23.5 Å². The van der Waals surface area contributed by atoms with E-state index in [0.717, 1.165) is 6.07 Å². The minimum atomic E-state index is -1.08. The lowest BCUT2D eigenvalue weighted by molar-refractivity contribution is -0.150. The quantitative estimate of drug-likeness (QED) is 0.913. The van der Waals surface area contributed by atoms with Gasteiger partial charge in [-0.1, -0.05) is 6.07 Å². The predicted octanol–water partition coefficient (Wildman–Crippen LogP) is 2.60. The molecule has 114 valence electrons. The molecule has 1 atom stereocenters.